The Balaban J connectivity index is 2.47. The van der Waals surface area contributed by atoms with Crippen molar-refractivity contribution in [2.75, 3.05) is 14.2 Å². The van der Waals surface area contributed by atoms with E-state index in [2.05, 4.69) is 0 Å². The molecule has 0 aliphatic heterocycles. The maximum atomic E-state index is 12.5. The molecule has 0 bridgehead atoms. The topological polar surface area (TPSA) is 48.7 Å². The average Bonchev–Trinajstić information content (AvgIpc) is 2.47. The third kappa shape index (κ3) is 1.89. The van der Waals surface area contributed by atoms with Gasteiger partial charge in [0.05, 0.1) is 25.0 Å². The minimum absolute atomic E-state index is 0.148. The fourth-order valence-corrected chi connectivity index (χ4v) is 2.33. The van der Waals surface area contributed by atoms with E-state index in [1.165, 1.54) is 14.2 Å². The van der Waals surface area contributed by atoms with E-state index in [9.17, 15) is 4.79 Å². The second-order valence-corrected chi connectivity index (χ2v) is 4.71. The predicted octanol–water partition coefficient (Wildman–Crippen LogP) is 3.62. The summed E-state index contributed by atoms with van der Waals surface area (Å²) < 4.78 is 16.1. The van der Waals surface area contributed by atoms with Crippen LogP contribution < -0.4 is 14.9 Å². The predicted molar refractivity (Wildman–Crippen MR) is 78.1 cm³/mol. The monoisotopic (exact) mass is 290 g/mol. The lowest BCUT2D eigenvalue weighted by Gasteiger charge is -2.09. The largest absolute Gasteiger partial charge is 0.493 e. The third-order valence-electron chi connectivity index (χ3n) is 3.14. The lowest BCUT2D eigenvalue weighted by molar-refractivity contribution is 0.355. The summed E-state index contributed by atoms with van der Waals surface area (Å²) in [7, 11) is 3.05. The van der Waals surface area contributed by atoms with Gasteiger partial charge in [0.2, 0.25) is 5.43 Å². The Hall–Kier alpha value is -2.20. The number of rotatable bonds is 2. The van der Waals surface area contributed by atoms with Crippen molar-refractivity contribution in [2.24, 2.45) is 0 Å². The van der Waals surface area contributed by atoms with Crippen LogP contribution in [0, 0.1) is 0 Å². The number of hydrogen-bond acceptors (Lipinski definition) is 4. The quantitative estimate of drug-likeness (QED) is 0.676. The molecule has 3 aromatic rings. The Kier molecular flexibility index (Phi) is 3.03. The molecule has 1 heterocycles. The van der Waals surface area contributed by atoms with Crippen molar-refractivity contribution in [1.29, 1.82) is 0 Å². The Morgan fingerprint density at radius 3 is 2.30 bits per heavy atom. The van der Waals surface area contributed by atoms with E-state index < -0.39 is 0 Å². The van der Waals surface area contributed by atoms with Crippen LogP contribution in [0.15, 0.2) is 39.5 Å². The van der Waals surface area contributed by atoms with Gasteiger partial charge in [0.15, 0.2) is 11.5 Å². The molecule has 0 N–H and O–H groups in total. The van der Waals surface area contributed by atoms with Crippen LogP contribution in [-0.4, -0.2) is 14.2 Å². The fraction of sp³-hybridized carbons (Fsp3) is 0.133. The summed E-state index contributed by atoms with van der Waals surface area (Å²) in [6, 6.07) is 8.21. The molecule has 1 aromatic heterocycles. The summed E-state index contributed by atoms with van der Waals surface area (Å²) in [4.78, 5) is 12.5. The summed E-state index contributed by atoms with van der Waals surface area (Å²) in [5, 5.41) is 1.36. The minimum Gasteiger partial charge on any atom is -0.493 e. The molecule has 4 nitrogen and oxygen atoms in total. The Morgan fingerprint density at radius 1 is 0.950 bits per heavy atom. The van der Waals surface area contributed by atoms with E-state index >= 15 is 0 Å². The van der Waals surface area contributed by atoms with E-state index in [4.69, 9.17) is 25.5 Å². The van der Waals surface area contributed by atoms with E-state index in [1.54, 1.807) is 30.3 Å². The average molecular weight is 291 g/mol. The number of benzene rings is 2. The number of fused-ring (bicyclic) bond motifs is 2. The number of halogens is 1. The number of hydrogen-bond donors (Lipinski definition) is 0. The maximum Gasteiger partial charge on any atom is 0.200 e. The van der Waals surface area contributed by atoms with Gasteiger partial charge in [0.1, 0.15) is 11.2 Å². The van der Waals surface area contributed by atoms with Crippen molar-refractivity contribution in [3.8, 4) is 11.5 Å². The molecule has 0 atom stereocenters. The number of methoxy groups -OCH3 is 2. The summed E-state index contributed by atoms with van der Waals surface area (Å²) in [6.07, 6.45) is 0. The SMILES string of the molecule is COc1cc2oc3ccc(Cl)cc3c(=O)c2cc1OC. The van der Waals surface area contributed by atoms with Crippen LogP contribution in [-0.2, 0) is 0 Å². The fourth-order valence-electron chi connectivity index (χ4n) is 2.15. The second kappa shape index (κ2) is 4.72. The molecule has 20 heavy (non-hydrogen) atoms. The summed E-state index contributed by atoms with van der Waals surface area (Å²) in [5.74, 6) is 0.991. The first-order valence-corrected chi connectivity index (χ1v) is 6.30. The standard InChI is InChI=1S/C15H11ClO4/c1-18-13-6-10-12(7-14(13)19-2)20-11-4-3-8(16)5-9(11)15(10)17/h3-7H,1-2H3. The van der Waals surface area contributed by atoms with Crippen LogP contribution >= 0.6 is 11.6 Å². The summed E-state index contributed by atoms with van der Waals surface area (Å²) >= 11 is 5.92. The molecular formula is C15H11ClO4. The Bertz CT molecular complexity index is 867. The molecule has 0 saturated heterocycles. The van der Waals surface area contributed by atoms with Crippen LogP contribution in [0.5, 0.6) is 11.5 Å². The van der Waals surface area contributed by atoms with Gasteiger partial charge < -0.3 is 13.9 Å². The van der Waals surface area contributed by atoms with E-state index in [-0.39, 0.29) is 5.43 Å². The van der Waals surface area contributed by atoms with Gasteiger partial charge in [-0.2, -0.15) is 0 Å². The van der Waals surface area contributed by atoms with Crippen molar-refractivity contribution >= 4 is 33.5 Å². The highest BCUT2D eigenvalue weighted by atomic mass is 35.5. The molecular weight excluding hydrogens is 280 g/mol. The molecule has 3 rings (SSSR count). The van der Waals surface area contributed by atoms with Gasteiger partial charge in [0.25, 0.3) is 0 Å². The second-order valence-electron chi connectivity index (χ2n) is 4.28. The van der Waals surface area contributed by atoms with E-state index in [0.717, 1.165) is 0 Å². The van der Waals surface area contributed by atoms with Gasteiger partial charge in [-0.05, 0) is 24.3 Å². The molecule has 0 aliphatic rings. The molecule has 0 unspecified atom stereocenters. The van der Waals surface area contributed by atoms with Crippen molar-refractivity contribution in [3.05, 3.63) is 45.6 Å². The zero-order valence-electron chi connectivity index (χ0n) is 10.9. The van der Waals surface area contributed by atoms with Crippen LogP contribution in [0.2, 0.25) is 5.02 Å². The lowest BCUT2D eigenvalue weighted by Crippen LogP contribution is -2.03. The van der Waals surface area contributed by atoms with Gasteiger partial charge in [-0.1, -0.05) is 11.6 Å². The van der Waals surface area contributed by atoms with Crippen LogP contribution in [0.1, 0.15) is 0 Å². The normalized spacial score (nSPS) is 10.9. The van der Waals surface area contributed by atoms with Crippen LogP contribution in [0.4, 0.5) is 0 Å². The molecule has 5 heteroatoms. The third-order valence-corrected chi connectivity index (χ3v) is 3.37. The van der Waals surface area contributed by atoms with E-state index in [0.29, 0.717) is 38.5 Å². The highest BCUT2D eigenvalue weighted by Gasteiger charge is 2.13. The first-order valence-electron chi connectivity index (χ1n) is 5.92. The lowest BCUT2D eigenvalue weighted by atomic mass is 10.1. The van der Waals surface area contributed by atoms with Crippen molar-refractivity contribution < 1.29 is 13.9 Å². The van der Waals surface area contributed by atoms with Crippen LogP contribution in [0.3, 0.4) is 0 Å². The molecule has 0 aliphatic carbocycles. The molecule has 0 spiro atoms. The molecule has 0 amide bonds. The van der Waals surface area contributed by atoms with Gasteiger partial charge in [-0.15, -0.1) is 0 Å². The Morgan fingerprint density at radius 2 is 1.60 bits per heavy atom. The van der Waals surface area contributed by atoms with Crippen molar-refractivity contribution in [3.63, 3.8) is 0 Å². The zero-order valence-corrected chi connectivity index (χ0v) is 11.7. The van der Waals surface area contributed by atoms with Crippen molar-refractivity contribution in [2.45, 2.75) is 0 Å². The molecule has 0 radical (unpaired) electrons. The molecule has 0 saturated carbocycles. The first kappa shape index (κ1) is 12.8. The smallest absolute Gasteiger partial charge is 0.200 e. The molecule has 0 fully saturated rings. The zero-order chi connectivity index (χ0) is 14.3. The Labute approximate surface area is 119 Å². The summed E-state index contributed by atoms with van der Waals surface area (Å²) in [5.41, 5.74) is 0.784. The molecule has 2 aromatic carbocycles. The van der Waals surface area contributed by atoms with Gasteiger partial charge in [0, 0.05) is 11.1 Å². The highest BCUT2D eigenvalue weighted by molar-refractivity contribution is 6.31. The summed E-state index contributed by atoms with van der Waals surface area (Å²) in [6.45, 7) is 0. The van der Waals surface area contributed by atoms with Gasteiger partial charge in [-0.3, -0.25) is 4.79 Å². The highest BCUT2D eigenvalue weighted by Crippen LogP contribution is 2.32. The molecule has 102 valence electrons. The number of ether oxygens (including phenoxy) is 2. The first-order chi connectivity index (χ1) is 9.63. The maximum absolute atomic E-state index is 12.5. The van der Waals surface area contributed by atoms with E-state index in [1.807, 2.05) is 0 Å². The van der Waals surface area contributed by atoms with Gasteiger partial charge in [-0.25, -0.2) is 0 Å². The van der Waals surface area contributed by atoms with Gasteiger partial charge >= 0.3 is 0 Å². The minimum atomic E-state index is -0.148. The van der Waals surface area contributed by atoms with Crippen LogP contribution in [0.25, 0.3) is 21.9 Å². The van der Waals surface area contributed by atoms with Crippen molar-refractivity contribution in [1.82, 2.24) is 0 Å².